The number of aromatic nitrogens is 2. The van der Waals surface area contributed by atoms with Crippen molar-refractivity contribution in [3.05, 3.63) is 72.1 Å². The number of rotatable bonds is 5. The number of halogens is 2. The number of amides is 1. The van der Waals surface area contributed by atoms with Gasteiger partial charge in [0.25, 0.3) is 5.91 Å². The Hall–Kier alpha value is -3.22. The van der Waals surface area contributed by atoms with Crippen molar-refractivity contribution < 1.29 is 18.3 Å². The zero-order chi connectivity index (χ0) is 17.8. The van der Waals surface area contributed by atoms with Gasteiger partial charge in [0.15, 0.2) is 0 Å². The van der Waals surface area contributed by atoms with E-state index in [4.69, 9.17) is 0 Å². The molecule has 5 nitrogen and oxygen atoms in total. The Kier molecular flexibility index (Phi) is 4.74. The fourth-order valence-electron chi connectivity index (χ4n) is 2.41. The first-order chi connectivity index (χ1) is 12.0. The predicted octanol–water partition coefficient (Wildman–Crippen LogP) is 4.03. The molecule has 0 aliphatic heterocycles. The van der Waals surface area contributed by atoms with E-state index in [1.807, 2.05) is 30.3 Å². The topological polar surface area (TPSA) is 56.1 Å². The second-order valence-corrected chi connectivity index (χ2v) is 5.25. The molecule has 3 rings (SSSR count). The fourth-order valence-corrected chi connectivity index (χ4v) is 2.41. The van der Waals surface area contributed by atoms with E-state index < -0.39 is 6.61 Å². The van der Waals surface area contributed by atoms with E-state index in [0.29, 0.717) is 16.9 Å². The van der Waals surface area contributed by atoms with Crippen molar-refractivity contribution in [1.82, 2.24) is 9.78 Å². The molecule has 0 fully saturated rings. The van der Waals surface area contributed by atoms with E-state index in [9.17, 15) is 13.6 Å². The van der Waals surface area contributed by atoms with Gasteiger partial charge in [-0.3, -0.25) is 4.79 Å². The molecule has 0 saturated heterocycles. The number of hydrogen-bond acceptors (Lipinski definition) is 3. The number of alkyl halides is 2. The monoisotopic (exact) mass is 343 g/mol. The van der Waals surface area contributed by atoms with Gasteiger partial charge in [0.2, 0.25) is 0 Å². The zero-order valence-electron chi connectivity index (χ0n) is 13.3. The highest BCUT2D eigenvalue weighted by atomic mass is 19.3. The summed E-state index contributed by atoms with van der Waals surface area (Å²) < 4.78 is 30.5. The van der Waals surface area contributed by atoms with Crippen LogP contribution < -0.4 is 10.1 Å². The maximum Gasteiger partial charge on any atom is 0.387 e. The molecular weight excluding hydrogens is 328 g/mol. The Balaban J connectivity index is 1.80. The molecule has 128 valence electrons. The van der Waals surface area contributed by atoms with Crippen molar-refractivity contribution in [2.24, 2.45) is 0 Å². The number of nitrogens with one attached hydrogen (secondary N) is 1. The molecule has 0 atom stereocenters. The molecule has 25 heavy (non-hydrogen) atoms. The molecule has 1 amide bonds. The van der Waals surface area contributed by atoms with E-state index in [-0.39, 0.29) is 11.7 Å². The van der Waals surface area contributed by atoms with E-state index in [1.54, 1.807) is 17.7 Å². The molecule has 1 heterocycles. The molecule has 1 N–H and O–H groups in total. The minimum Gasteiger partial charge on any atom is -0.435 e. The lowest BCUT2D eigenvalue weighted by Gasteiger charge is -2.09. The van der Waals surface area contributed by atoms with Crippen molar-refractivity contribution in [1.29, 1.82) is 0 Å². The summed E-state index contributed by atoms with van der Waals surface area (Å²) in [5, 5.41) is 6.90. The molecule has 0 saturated carbocycles. The van der Waals surface area contributed by atoms with E-state index in [0.717, 1.165) is 5.69 Å². The lowest BCUT2D eigenvalue weighted by atomic mass is 10.2. The average Bonchev–Trinajstić information content (AvgIpc) is 2.97. The number of anilines is 1. The number of ether oxygens (including phenoxy) is 1. The maximum atomic E-state index is 12.5. The first kappa shape index (κ1) is 16.6. The van der Waals surface area contributed by atoms with Crippen molar-refractivity contribution in [2.45, 2.75) is 13.5 Å². The molecule has 0 radical (unpaired) electrons. The van der Waals surface area contributed by atoms with Gasteiger partial charge < -0.3 is 10.1 Å². The van der Waals surface area contributed by atoms with Crippen LogP contribution in [0.4, 0.5) is 14.5 Å². The summed E-state index contributed by atoms with van der Waals surface area (Å²) in [6, 6.07) is 15.3. The lowest BCUT2D eigenvalue weighted by Crippen LogP contribution is -2.13. The largest absolute Gasteiger partial charge is 0.435 e. The fraction of sp³-hybridized carbons (Fsp3) is 0.111. The summed E-state index contributed by atoms with van der Waals surface area (Å²) >= 11 is 0. The molecule has 3 aromatic rings. The third-order valence-electron chi connectivity index (χ3n) is 3.57. The summed E-state index contributed by atoms with van der Waals surface area (Å²) in [6.45, 7) is -1.14. The molecule has 0 unspecified atom stereocenters. The van der Waals surface area contributed by atoms with Gasteiger partial charge in [-0.2, -0.15) is 13.9 Å². The van der Waals surface area contributed by atoms with Crippen LogP contribution in [-0.2, 0) is 0 Å². The first-order valence-corrected chi connectivity index (χ1v) is 7.51. The summed E-state index contributed by atoms with van der Waals surface area (Å²) in [6.07, 6.45) is 1.47. The minimum absolute atomic E-state index is 0.0236. The summed E-state index contributed by atoms with van der Waals surface area (Å²) in [5.41, 5.74) is 2.26. The second kappa shape index (κ2) is 7.12. The summed E-state index contributed by atoms with van der Waals surface area (Å²) in [5.74, 6) is -0.404. The number of nitrogens with zero attached hydrogens (tertiary/aromatic N) is 2. The van der Waals surface area contributed by atoms with Crippen LogP contribution >= 0.6 is 0 Å². The SMILES string of the molecule is Cc1c(C(=O)Nc2cccc(OC(F)F)c2)cnn1-c1ccccc1. The molecule has 1 aromatic heterocycles. The van der Waals surface area contributed by atoms with Gasteiger partial charge in [0.05, 0.1) is 23.1 Å². The Labute approximate surface area is 142 Å². The van der Waals surface area contributed by atoms with Crippen LogP contribution in [-0.4, -0.2) is 22.3 Å². The van der Waals surface area contributed by atoms with Gasteiger partial charge in [-0.05, 0) is 31.2 Å². The molecule has 0 aliphatic carbocycles. The van der Waals surface area contributed by atoms with Crippen molar-refractivity contribution in [3.63, 3.8) is 0 Å². The van der Waals surface area contributed by atoms with Crippen molar-refractivity contribution >= 4 is 11.6 Å². The summed E-state index contributed by atoms with van der Waals surface area (Å²) in [7, 11) is 0. The van der Waals surface area contributed by atoms with Gasteiger partial charge in [-0.15, -0.1) is 0 Å². The third-order valence-corrected chi connectivity index (χ3v) is 3.57. The minimum atomic E-state index is -2.92. The summed E-state index contributed by atoms with van der Waals surface area (Å²) in [4.78, 5) is 12.5. The van der Waals surface area contributed by atoms with Crippen LogP contribution in [0.3, 0.4) is 0 Å². The molecule has 0 aliphatic rings. The van der Waals surface area contributed by atoms with Gasteiger partial charge in [-0.25, -0.2) is 4.68 Å². The van der Waals surface area contributed by atoms with Gasteiger partial charge in [-0.1, -0.05) is 24.3 Å². The highest BCUT2D eigenvalue weighted by molar-refractivity contribution is 6.05. The standard InChI is InChI=1S/C18H15F2N3O2/c1-12-16(11-21-23(12)14-7-3-2-4-8-14)17(24)22-13-6-5-9-15(10-13)25-18(19)20/h2-11,18H,1H3,(H,22,24). The average molecular weight is 343 g/mol. The number of carbonyl (C=O) groups excluding carboxylic acids is 1. The number of hydrogen-bond donors (Lipinski definition) is 1. The Bertz CT molecular complexity index is 879. The van der Waals surface area contributed by atoms with Crippen LogP contribution in [0.15, 0.2) is 60.8 Å². The van der Waals surface area contributed by atoms with Gasteiger partial charge >= 0.3 is 6.61 Å². The van der Waals surface area contributed by atoms with Crippen LogP contribution in [0.25, 0.3) is 5.69 Å². The third kappa shape index (κ3) is 3.82. The zero-order valence-corrected chi connectivity index (χ0v) is 13.3. The van der Waals surface area contributed by atoms with Crippen molar-refractivity contribution in [3.8, 4) is 11.4 Å². The van der Waals surface area contributed by atoms with E-state index in [1.165, 1.54) is 24.4 Å². The van der Waals surface area contributed by atoms with Crippen LogP contribution in [0.2, 0.25) is 0 Å². The first-order valence-electron chi connectivity index (χ1n) is 7.51. The number of para-hydroxylation sites is 1. The second-order valence-electron chi connectivity index (χ2n) is 5.25. The van der Waals surface area contributed by atoms with Crippen molar-refractivity contribution in [2.75, 3.05) is 5.32 Å². The maximum absolute atomic E-state index is 12.5. The Morgan fingerprint density at radius 2 is 1.92 bits per heavy atom. The van der Waals surface area contributed by atoms with Gasteiger partial charge in [0.1, 0.15) is 5.75 Å². The molecule has 7 heteroatoms. The van der Waals surface area contributed by atoms with E-state index in [2.05, 4.69) is 15.2 Å². The van der Waals surface area contributed by atoms with Crippen LogP contribution in [0.1, 0.15) is 16.1 Å². The molecular formula is C18H15F2N3O2. The predicted molar refractivity (Wildman–Crippen MR) is 89.3 cm³/mol. The number of carbonyl (C=O) groups is 1. The Morgan fingerprint density at radius 1 is 1.16 bits per heavy atom. The molecule has 0 bridgehead atoms. The Morgan fingerprint density at radius 3 is 2.64 bits per heavy atom. The van der Waals surface area contributed by atoms with Crippen LogP contribution in [0, 0.1) is 6.92 Å². The quantitative estimate of drug-likeness (QED) is 0.761. The highest BCUT2D eigenvalue weighted by Gasteiger charge is 2.15. The van der Waals surface area contributed by atoms with E-state index >= 15 is 0 Å². The highest BCUT2D eigenvalue weighted by Crippen LogP contribution is 2.21. The molecule has 0 spiro atoms. The smallest absolute Gasteiger partial charge is 0.387 e. The molecule has 2 aromatic carbocycles. The van der Waals surface area contributed by atoms with Crippen LogP contribution in [0.5, 0.6) is 5.75 Å². The number of benzene rings is 2. The van der Waals surface area contributed by atoms with Gasteiger partial charge in [0, 0.05) is 11.8 Å². The normalized spacial score (nSPS) is 10.7. The lowest BCUT2D eigenvalue weighted by molar-refractivity contribution is -0.0497.